The number of pyridine rings is 2. The predicted octanol–water partition coefficient (Wildman–Crippen LogP) is 8.97. The normalized spacial score (nSPS) is 18.1. The van der Waals surface area contributed by atoms with E-state index in [1.54, 1.807) is 24.3 Å². The number of carbonyl (C=O) groups is 2. The molecule has 2 aromatic heterocycles. The number of carbonyl (C=O) groups excluding carboxylic acids is 2. The van der Waals surface area contributed by atoms with E-state index in [0.717, 1.165) is 24.0 Å². The van der Waals surface area contributed by atoms with E-state index in [9.17, 15) is 27.2 Å². The second kappa shape index (κ2) is 14.4. The second-order valence-electron chi connectivity index (χ2n) is 12.6. The van der Waals surface area contributed by atoms with Gasteiger partial charge in [-0.15, -0.1) is 17.6 Å². The summed E-state index contributed by atoms with van der Waals surface area (Å²) in [5.41, 5.74) is 7.01. The highest BCUT2D eigenvalue weighted by atomic mass is 35.5. The molecule has 0 unspecified atom stereocenters. The number of ether oxygens (including phenoxy) is 4. The van der Waals surface area contributed by atoms with E-state index in [2.05, 4.69) is 34.2 Å². The Morgan fingerprint density at radius 2 is 1.15 bits per heavy atom. The monoisotopic (exact) mass is 796 g/mol. The van der Waals surface area contributed by atoms with Crippen LogP contribution >= 0.6 is 34.8 Å². The van der Waals surface area contributed by atoms with Gasteiger partial charge in [0.05, 0.1) is 10.8 Å². The zero-order valence-corrected chi connectivity index (χ0v) is 30.4. The first-order valence-electron chi connectivity index (χ1n) is 16.4. The number of halogens is 7. The van der Waals surface area contributed by atoms with E-state index in [1.165, 1.54) is 24.3 Å². The average Bonchev–Trinajstić information content (AvgIpc) is 4.01. The number of hydrogen-bond donors (Lipinski definition) is 2. The lowest BCUT2D eigenvalue weighted by atomic mass is 9.94. The van der Waals surface area contributed by atoms with Gasteiger partial charge >= 0.3 is 12.6 Å². The third-order valence-corrected chi connectivity index (χ3v) is 10.1. The Labute approximate surface area is 315 Å². The van der Waals surface area contributed by atoms with Crippen molar-refractivity contribution in [2.45, 2.75) is 75.8 Å². The van der Waals surface area contributed by atoms with Crippen molar-refractivity contribution in [1.82, 2.24) is 9.97 Å². The number of benzene rings is 2. The molecule has 8 rings (SSSR count). The lowest BCUT2D eigenvalue weighted by Crippen LogP contribution is -2.28. The first-order chi connectivity index (χ1) is 25.0. The molecule has 2 aromatic carbocycles. The smallest absolute Gasteiger partial charge is 0.395 e. The van der Waals surface area contributed by atoms with Crippen LogP contribution in [-0.4, -0.2) is 33.7 Å². The van der Waals surface area contributed by atoms with Gasteiger partial charge in [0.2, 0.25) is 11.1 Å². The van der Waals surface area contributed by atoms with Crippen molar-refractivity contribution >= 4 is 57.6 Å². The molecule has 0 radical (unpaired) electrons. The lowest BCUT2D eigenvalue weighted by Gasteiger charge is -2.16. The van der Waals surface area contributed by atoms with Crippen molar-refractivity contribution in [2.24, 2.45) is 0 Å². The number of nitrogens with two attached hydrogens (primary N) is 1. The van der Waals surface area contributed by atoms with Crippen LogP contribution < -0.4 is 30.0 Å². The van der Waals surface area contributed by atoms with Crippen LogP contribution in [0.5, 0.6) is 23.0 Å². The number of aryl methyl sites for hydroxylation is 2. The number of alkyl halides is 4. The molecule has 4 aliphatic rings. The maximum absolute atomic E-state index is 13.2. The first kappa shape index (κ1) is 38.2. The Bertz CT molecular complexity index is 2080. The van der Waals surface area contributed by atoms with Gasteiger partial charge in [0.25, 0.3) is 0 Å². The van der Waals surface area contributed by atoms with Gasteiger partial charge in [-0.2, -0.15) is 0 Å². The standard InChI is InChI=1S/C18H15ClF2N2O3.C11H7ClF2O3.C7H9ClN2/c1-2-10-3-6-14(22-15(10)19)23-16(24)17(7-8-17)11-4-5-12-13(9-11)26-18(20,21)25-12;12-9(15)10(3-4-10)6-1-2-7-8(5-6)17-11(13,14)16-7;1-2-5-3-4-6(9)10-7(5)8/h3-6,9H,2,7-8H2,1H3,(H,22,23,24);1-2,5H,3-4H2;3-4H,2H2,1H3,(H2,9,10). The summed E-state index contributed by atoms with van der Waals surface area (Å²) in [6.45, 7) is 3.99. The number of fused-ring (bicyclic) bond motifs is 2. The van der Waals surface area contributed by atoms with E-state index in [0.29, 0.717) is 58.8 Å². The van der Waals surface area contributed by atoms with Gasteiger partial charge in [0, 0.05) is 0 Å². The maximum atomic E-state index is 13.2. The first-order valence-corrected chi connectivity index (χ1v) is 17.5. The number of nitrogens with zero attached hydrogens (tertiary/aromatic N) is 2. The highest BCUT2D eigenvalue weighted by Crippen LogP contribution is 2.54. The lowest BCUT2D eigenvalue weighted by molar-refractivity contribution is -0.287. The average molecular weight is 798 g/mol. The zero-order valence-electron chi connectivity index (χ0n) is 28.1. The number of rotatable bonds is 7. The molecule has 0 atom stereocenters. The van der Waals surface area contributed by atoms with E-state index in [4.69, 9.17) is 40.5 Å². The molecule has 0 bridgehead atoms. The quantitative estimate of drug-likeness (QED) is 0.107. The molecule has 4 heterocycles. The van der Waals surface area contributed by atoms with Gasteiger partial charge in [-0.05, 0) is 109 Å². The van der Waals surface area contributed by atoms with Crippen LogP contribution in [0.25, 0.3) is 0 Å². The maximum Gasteiger partial charge on any atom is 0.586 e. The van der Waals surface area contributed by atoms with Crippen molar-refractivity contribution in [3.8, 4) is 23.0 Å². The number of anilines is 2. The SMILES string of the molecule is CCc1ccc(N)nc1Cl.CCc1ccc(NC(=O)C2(c3ccc4c(c3)OC(F)(F)O4)CC2)nc1Cl.O=C(Cl)C1(c2ccc3c(c2)OC(F)(F)O3)CC1. The Hall–Kier alpha value is -4.53. The number of hydrogen-bond acceptors (Lipinski definition) is 9. The summed E-state index contributed by atoms with van der Waals surface area (Å²) in [6.07, 6.45) is -3.20. The number of amides is 1. The molecule has 0 saturated heterocycles. The fourth-order valence-corrected chi connectivity index (χ4v) is 6.64. The molecule has 4 aromatic rings. The van der Waals surface area contributed by atoms with Crippen molar-refractivity contribution < 1.29 is 46.1 Å². The van der Waals surface area contributed by atoms with Crippen molar-refractivity contribution in [3.05, 3.63) is 93.2 Å². The summed E-state index contributed by atoms with van der Waals surface area (Å²) in [5.74, 6) is 0.376. The van der Waals surface area contributed by atoms with Crippen molar-refractivity contribution in [1.29, 1.82) is 0 Å². The van der Waals surface area contributed by atoms with Gasteiger partial charge in [-0.3, -0.25) is 9.59 Å². The molecular weight excluding hydrogens is 767 g/mol. The molecule has 1 amide bonds. The molecule has 2 saturated carbocycles. The van der Waals surface area contributed by atoms with Crippen LogP contribution in [0.2, 0.25) is 10.3 Å². The fourth-order valence-electron chi connectivity index (χ4n) is 5.76. The number of nitrogen functional groups attached to an aromatic ring is 1. The van der Waals surface area contributed by atoms with Gasteiger partial charge in [-0.25, -0.2) is 9.97 Å². The molecular formula is C36H31Cl3F4N4O6. The van der Waals surface area contributed by atoms with Crippen molar-refractivity contribution in [2.75, 3.05) is 11.1 Å². The summed E-state index contributed by atoms with van der Waals surface area (Å²) < 4.78 is 69.4. The summed E-state index contributed by atoms with van der Waals surface area (Å²) in [7, 11) is 0. The van der Waals surface area contributed by atoms with E-state index in [-0.39, 0.29) is 28.9 Å². The van der Waals surface area contributed by atoms with Gasteiger partial charge < -0.3 is 30.0 Å². The molecule has 3 N–H and O–H groups in total. The minimum absolute atomic E-state index is 0.0310. The second-order valence-corrected chi connectivity index (χ2v) is 13.6. The topological polar surface area (TPSA) is 135 Å². The van der Waals surface area contributed by atoms with Gasteiger partial charge in [0.15, 0.2) is 23.0 Å². The van der Waals surface area contributed by atoms with Crippen LogP contribution in [0.1, 0.15) is 61.8 Å². The summed E-state index contributed by atoms with van der Waals surface area (Å²) in [5, 5.41) is 3.16. The largest absolute Gasteiger partial charge is 0.586 e. The van der Waals surface area contributed by atoms with Gasteiger partial charge in [-0.1, -0.05) is 61.3 Å². The number of aromatic nitrogens is 2. The van der Waals surface area contributed by atoms with E-state index < -0.39 is 28.7 Å². The zero-order chi connectivity index (χ0) is 38.3. The van der Waals surface area contributed by atoms with E-state index in [1.807, 2.05) is 26.0 Å². The van der Waals surface area contributed by atoms with Crippen molar-refractivity contribution in [3.63, 3.8) is 0 Å². The molecule has 0 spiro atoms. The van der Waals surface area contributed by atoms with Crippen LogP contribution in [0.4, 0.5) is 29.2 Å². The summed E-state index contributed by atoms with van der Waals surface area (Å²) >= 11 is 17.3. The minimum atomic E-state index is -3.68. The van der Waals surface area contributed by atoms with E-state index >= 15 is 0 Å². The predicted molar refractivity (Wildman–Crippen MR) is 188 cm³/mol. The molecule has 280 valence electrons. The summed E-state index contributed by atoms with van der Waals surface area (Å²) in [4.78, 5) is 32.2. The Morgan fingerprint density at radius 1 is 0.698 bits per heavy atom. The van der Waals surface area contributed by atoms with Crippen LogP contribution in [-0.2, 0) is 33.3 Å². The fraction of sp³-hybridized carbons (Fsp3) is 0.333. The van der Waals surface area contributed by atoms with Gasteiger partial charge in [0.1, 0.15) is 21.9 Å². The summed E-state index contributed by atoms with van der Waals surface area (Å²) in [6, 6.07) is 15.9. The minimum Gasteiger partial charge on any atom is -0.395 e. The molecule has 2 aliphatic heterocycles. The molecule has 2 fully saturated rings. The van der Waals surface area contributed by atoms with Crippen LogP contribution in [0, 0.1) is 0 Å². The number of nitrogens with one attached hydrogen (secondary N) is 1. The van der Waals surface area contributed by atoms with Crippen LogP contribution in [0.15, 0.2) is 60.7 Å². The Balaban J connectivity index is 0.000000152. The molecule has 2 aliphatic carbocycles. The molecule has 10 nitrogen and oxygen atoms in total. The Morgan fingerprint density at radius 3 is 1.58 bits per heavy atom. The molecule has 17 heteroatoms. The third kappa shape index (κ3) is 8.19. The molecule has 53 heavy (non-hydrogen) atoms. The highest BCUT2D eigenvalue weighted by Gasteiger charge is 2.53. The Kier molecular flexibility index (Phi) is 10.4. The van der Waals surface area contributed by atoms with Crippen LogP contribution in [0.3, 0.4) is 0 Å². The highest BCUT2D eigenvalue weighted by molar-refractivity contribution is 6.66. The third-order valence-electron chi connectivity index (χ3n) is 9.10.